The van der Waals surface area contributed by atoms with Crippen molar-refractivity contribution in [3.8, 4) is 5.69 Å². The first kappa shape index (κ1) is 18.8. The summed E-state index contributed by atoms with van der Waals surface area (Å²) in [7, 11) is 0. The van der Waals surface area contributed by atoms with Crippen LogP contribution in [0.1, 0.15) is 20.7 Å². The molecule has 0 radical (unpaired) electrons. The average molecular weight is 394 g/mol. The normalized spacial score (nSPS) is 13.9. The van der Waals surface area contributed by atoms with Crippen molar-refractivity contribution in [2.75, 3.05) is 31.6 Å². The van der Waals surface area contributed by atoms with Gasteiger partial charge in [0.05, 0.1) is 30.7 Å². The molecule has 0 unspecified atom stereocenters. The molecule has 0 aliphatic carbocycles. The summed E-state index contributed by atoms with van der Waals surface area (Å²) in [6, 6.07) is 12.6. The predicted molar refractivity (Wildman–Crippen MR) is 105 cm³/mol. The topological polar surface area (TPSA) is 76.5 Å². The molecule has 0 atom stereocenters. The molecule has 4 rings (SSSR count). The minimum Gasteiger partial charge on any atom is -0.378 e. The lowest BCUT2D eigenvalue weighted by atomic mass is 10.1. The van der Waals surface area contributed by atoms with Gasteiger partial charge in [0.15, 0.2) is 0 Å². The summed E-state index contributed by atoms with van der Waals surface area (Å²) in [6.45, 7) is 2.16. The number of halogens is 1. The van der Waals surface area contributed by atoms with Crippen LogP contribution in [0.2, 0.25) is 0 Å². The zero-order chi connectivity index (χ0) is 20.2. The SMILES string of the molecule is O=C(Nc1cccc(C(=O)N2CCOCC2)c1)c1cnn(-c2ccc(F)cc2)c1. The maximum absolute atomic E-state index is 13.1. The number of nitrogens with one attached hydrogen (secondary N) is 1. The standard InChI is InChI=1S/C21H19FN4O3/c22-17-4-6-19(7-5-17)26-14-16(13-23-26)20(27)24-18-3-1-2-15(12-18)21(28)25-8-10-29-11-9-25/h1-7,12-14H,8-11H2,(H,24,27). The van der Waals surface area contributed by atoms with Crippen molar-refractivity contribution in [3.63, 3.8) is 0 Å². The van der Waals surface area contributed by atoms with Crippen molar-refractivity contribution in [1.82, 2.24) is 14.7 Å². The van der Waals surface area contributed by atoms with Crippen molar-refractivity contribution in [2.45, 2.75) is 0 Å². The summed E-state index contributed by atoms with van der Waals surface area (Å²) in [4.78, 5) is 26.9. The summed E-state index contributed by atoms with van der Waals surface area (Å²) in [6.07, 6.45) is 2.99. The zero-order valence-corrected chi connectivity index (χ0v) is 15.5. The Labute approximate surface area is 166 Å². The van der Waals surface area contributed by atoms with Crippen molar-refractivity contribution in [3.05, 3.63) is 77.9 Å². The van der Waals surface area contributed by atoms with E-state index in [4.69, 9.17) is 4.74 Å². The molecule has 2 heterocycles. The number of ether oxygens (including phenoxy) is 1. The highest BCUT2D eigenvalue weighted by atomic mass is 19.1. The van der Waals surface area contributed by atoms with Gasteiger partial charge in [0, 0.05) is 30.5 Å². The Morgan fingerprint density at radius 3 is 2.55 bits per heavy atom. The predicted octanol–water partition coefficient (Wildman–Crippen LogP) is 2.74. The lowest BCUT2D eigenvalue weighted by molar-refractivity contribution is 0.0303. The van der Waals surface area contributed by atoms with E-state index >= 15 is 0 Å². The fraction of sp³-hybridized carbons (Fsp3) is 0.190. The Hall–Kier alpha value is -3.52. The molecule has 7 nitrogen and oxygen atoms in total. The summed E-state index contributed by atoms with van der Waals surface area (Å²) < 4.78 is 19.8. The van der Waals surface area contributed by atoms with Crippen LogP contribution >= 0.6 is 0 Å². The van der Waals surface area contributed by atoms with E-state index in [1.807, 2.05) is 0 Å². The minimum atomic E-state index is -0.352. The first-order chi connectivity index (χ1) is 14.1. The van der Waals surface area contributed by atoms with Crippen LogP contribution in [0, 0.1) is 5.82 Å². The van der Waals surface area contributed by atoms with E-state index < -0.39 is 0 Å². The Bertz CT molecular complexity index is 1030. The van der Waals surface area contributed by atoms with Crippen LogP contribution in [0.5, 0.6) is 0 Å². The molecule has 0 bridgehead atoms. The highest BCUT2D eigenvalue weighted by Gasteiger charge is 2.19. The van der Waals surface area contributed by atoms with Gasteiger partial charge >= 0.3 is 0 Å². The maximum Gasteiger partial charge on any atom is 0.258 e. The van der Waals surface area contributed by atoms with Crippen molar-refractivity contribution in [2.24, 2.45) is 0 Å². The first-order valence-electron chi connectivity index (χ1n) is 9.19. The van der Waals surface area contributed by atoms with Crippen LogP contribution in [0.3, 0.4) is 0 Å². The van der Waals surface area contributed by atoms with Crippen molar-refractivity contribution in [1.29, 1.82) is 0 Å². The van der Waals surface area contributed by atoms with Gasteiger partial charge in [0.25, 0.3) is 11.8 Å². The summed E-state index contributed by atoms with van der Waals surface area (Å²) >= 11 is 0. The number of carbonyl (C=O) groups excluding carboxylic acids is 2. The average Bonchev–Trinajstić information content (AvgIpc) is 3.25. The van der Waals surface area contributed by atoms with E-state index in [-0.39, 0.29) is 17.6 Å². The van der Waals surface area contributed by atoms with E-state index in [2.05, 4.69) is 10.4 Å². The van der Waals surface area contributed by atoms with Gasteiger partial charge in [-0.2, -0.15) is 5.10 Å². The zero-order valence-electron chi connectivity index (χ0n) is 15.5. The quantitative estimate of drug-likeness (QED) is 0.738. The third-order valence-electron chi connectivity index (χ3n) is 4.60. The third kappa shape index (κ3) is 4.33. The summed E-state index contributed by atoms with van der Waals surface area (Å²) in [5, 5.41) is 6.93. The third-order valence-corrected chi connectivity index (χ3v) is 4.60. The van der Waals surface area contributed by atoms with Crippen LogP contribution in [0.4, 0.5) is 10.1 Å². The van der Waals surface area contributed by atoms with E-state index in [0.29, 0.717) is 48.8 Å². The van der Waals surface area contributed by atoms with Gasteiger partial charge in [0.1, 0.15) is 5.82 Å². The number of hydrogen-bond donors (Lipinski definition) is 1. The van der Waals surface area contributed by atoms with Gasteiger partial charge < -0.3 is 15.0 Å². The van der Waals surface area contributed by atoms with Gasteiger partial charge in [-0.3, -0.25) is 9.59 Å². The molecule has 1 aliphatic rings. The minimum absolute atomic E-state index is 0.0893. The fourth-order valence-corrected chi connectivity index (χ4v) is 3.06. The summed E-state index contributed by atoms with van der Waals surface area (Å²) in [5.74, 6) is -0.784. The smallest absolute Gasteiger partial charge is 0.258 e. The largest absolute Gasteiger partial charge is 0.378 e. The molecule has 8 heteroatoms. The van der Waals surface area contributed by atoms with Crippen molar-refractivity contribution >= 4 is 17.5 Å². The van der Waals surface area contributed by atoms with Gasteiger partial charge in [-0.1, -0.05) is 6.07 Å². The number of benzene rings is 2. The second kappa shape index (κ2) is 8.24. The molecular formula is C21H19FN4O3. The molecule has 1 aromatic heterocycles. The van der Waals surface area contributed by atoms with E-state index in [1.54, 1.807) is 47.5 Å². The molecular weight excluding hydrogens is 375 g/mol. The molecule has 2 amide bonds. The molecule has 29 heavy (non-hydrogen) atoms. The Morgan fingerprint density at radius 1 is 1.03 bits per heavy atom. The molecule has 1 N–H and O–H groups in total. The number of rotatable bonds is 4. The highest BCUT2D eigenvalue weighted by Crippen LogP contribution is 2.16. The molecule has 148 valence electrons. The second-order valence-corrected chi connectivity index (χ2v) is 6.59. The Morgan fingerprint density at radius 2 is 1.79 bits per heavy atom. The van der Waals surface area contributed by atoms with E-state index in [9.17, 15) is 14.0 Å². The maximum atomic E-state index is 13.1. The van der Waals surface area contributed by atoms with Crippen LogP contribution in [0.25, 0.3) is 5.69 Å². The molecule has 1 aliphatic heterocycles. The van der Waals surface area contributed by atoms with Gasteiger partial charge in [-0.05, 0) is 42.5 Å². The molecule has 0 spiro atoms. The van der Waals surface area contributed by atoms with E-state index in [1.165, 1.54) is 23.0 Å². The first-order valence-corrected chi connectivity index (χ1v) is 9.19. The van der Waals surface area contributed by atoms with Gasteiger partial charge in [0.2, 0.25) is 0 Å². The number of hydrogen-bond acceptors (Lipinski definition) is 4. The lowest BCUT2D eigenvalue weighted by Gasteiger charge is -2.27. The fourth-order valence-electron chi connectivity index (χ4n) is 3.06. The molecule has 2 aromatic carbocycles. The lowest BCUT2D eigenvalue weighted by Crippen LogP contribution is -2.40. The van der Waals surface area contributed by atoms with Gasteiger partial charge in [-0.15, -0.1) is 0 Å². The van der Waals surface area contributed by atoms with Crippen LogP contribution in [-0.4, -0.2) is 52.8 Å². The number of nitrogens with zero attached hydrogens (tertiary/aromatic N) is 3. The second-order valence-electron chi connectivity index (χ2n) is 6.59. The Kier molecular flexibility index (Phi) is 5.35. The Balaban J connectivity index is 1.46. The highest BCUT2D eigenvalue weighted by molar-refractivity contribution is 6.04. The molecule has 1 saturated heterocycles. The van der Waals surface area contributed by atoms with Crippen LogP contribution < -0.4 is 5.32 Å². The van der Waals surface area contributed by atoms with Crippen LogP contribution in [-0.2, 0) is 4.74 Å². The van der Waals surface area contributed by atoms with Crippen molar-refractivity contribution < 1.29 is 18.7 Å². The number of carbonyl (C=O) groups is 2. The number of morpholine rings is 1. The summed E-state index contributed by atoms with van der Waals surface area (Å²) in [5.41, 5.74) is 2.01. The monoisotopic (exact) mass is 394 g/mol. The molecule has 1 fully saturated rings. The van der Waals surface area contributed by atoms with Gasteiger partial charge in [-0.25, -0.2) is 9.07 Å². The van der Waals surface area contributed by atoms with E-state index in [0.717, 1.165) is 0 Å². The molecule has 3 aromatic rings. The van der Waals surface area contributed by atoms with Crippen LogP contribution in [0.15, 0.2) is 60.9 Å². The number of amides is 2. The molecule has 0 saturated carbocycles. The number of anilines is 1. The number of aromatic nitrogens is 2.